The van der Waals surface area contributed by atoms with Gasteiger partial charge in [0.15, 0.2) is 4.34 Å². The standard InChI is InChI=1S/C11H11NOS2/c1-2-8(13)7-14-11-12-9-5-3-4-6-10(9)15-11/h3-6H,2,7H2,1H3. The second kappa shape index (κ2) is 4.77. The number of aromatic nitrogens is 1. The fraction of sp³-hybridized carbons (Fsp3) is 0.273. The van der Waals surface area contributed by atoms with Gasteiger partial charge >= 0.3 is 0 Å². The molecule has 0 spiro atoms. The third-order valence-corrected chi connectivity index (χ3v) is 4.26. The number of fused-ring (bicyclic) bond motifs is 1. The Morgan fingerprint density at radius 2 is 2.27 bits per heavy atom. The summed E-state index contributed by atoms with van der Waals surface area (Å²) < 4.78 is 2.17. The number of carbonyl (C=O) groups is 1. The summed E-state index contributed by atoms with van der Waals surface area (Å²) in [4.78, 5) is 15.6. The van der Waals surface area contributed by atoms with Gasteiger partial charge in [0.2, 0.25) is 0 Å². The summed E-state index contributed by atoms with van der Waals surface area (Å²) in [6.07, 6.45) is 0.609. The Morgan fingerprint density at radius 1 is 1.47 bits per heavy atom. The van der Waals surface area contributed by atoms with Gasteiger partial charge < -0.3 is 0 Å². The van der Waals surface area contributed by atoms with Crippen molar-refractivity contribution in [2.45, 2.75) is 17.7 Å². The van der Waals surface area contributed by atoms with E-state index in [-0.39, 0.29) is 5.78 Å². The topological polar surface area (TPSA) is 30.0 Å². The minimum absolute atomic E-state index is 0.277. The molecule has 0 unspecified atom stereocenters. The lowest BCUT2D eigenvalue weighted by molar-refractivity contribution is -0.116. The van der Waals surface area contributed by atoms with E-state index < -0.39 is 0 Å². The first kappa shape index (κ1) is 10.6. The van der Waals surface area contributed by atoms with Gasteiger partial charge in [-0.1, -0.05) is 30.8 Å². The molecule has 78 valence electrons. The molecule has 1 aromatic carbocycles. The van der Waals surface area contributed by atoms with Crippen LogP contribution in [0.4, 0.5) is 0 Å². The van der Waals surface area contributed by atoms with Crippen molar-refractivity contribution < 1.29 is 4.79 Å². The van der Waals surface area contributed by atoms with Gasteiger partial charge in [-0.3, -0.25) is 4.79 Å². The minimum Gasteiger partial charge on any atom is -0.299 e. The van der Waals surface area contributed by atoms with E-state index >= 15 is 0 Å². The number of thioether (sulfide) groups is 1. The summed E-state index contributed by atoms with van der Waals surface area (Å²) in [7, 11) is 0. The molecule has 2 nitrogen and oxygen atoms in total. The molecule has 1 heterocycles. The van der Waals surface area contributed by atoms with Crippen LogP contribution in [-0.4, -0.2) is 16.5 Å². The van der Waals surface area contributed by atoms with Crippen LogP contribution in [0, 0.1) is 0 Å². The molecule has 2 aromatic rings. The van der Waals surface area contributed by atoms with E-state index in [0.29, 0.717) is 12.2 Å². The lowest BCUT2D eigenvalue weighted by Crippen LogP contribution is -1.97. The first-order chi connectivity index (χ1) is 7.29. The molecule has 0 fully saturated rings. The molecular weight excluding hydrogens is 226 g/mol. The Hall–Kier alpha value is -0.870. The smallest absolute Gasteiger partial charge is 0.151 e. The Kier molecular flexibility index (Phi) is 3.38. The number of para-hydroxylation sites is 1. The van der Waals surface area contributed by atoms with Crippen molar-refractivity contribution in [2.24, 2.45) is 0 Å². The average Bonchev–Trinajstić information content (AvgIpc) is 2.68. The van der Waals surface area contributed by atoms with Crippen molar-refractivity contribution in [2.75, 3.05) is 5.75 Å². The molecule has 0 aliphatic carbocycles. The number of rotatable bonds is 4. The maximum Gasteiger partial charge on any atom is 0.151 e. The predicted molar refractivity (Wildman–Crippen MR) is 65.6 cm³/mol. The van der Waals surface area contributed by atoms with Gasteiger partial charge in [-0.05, 0) is 12.1 Å². The molecule has 0 N–H and O–H groups in total. The number of carbonyl (C=O) groups excluding carboxylic acids is 1. The van der Waals surface area contributed by atoms with E-state index in [4.69, 9.17) is 0 Å². The highest BCUT2D eigenvalue weighted by atomic mass is 32.2. The number of ketones is 1. The lowest BCUT2D eigenvalue weighted by Gasteiger charge is -1.92. The van der Waals surface area contributed by atoms with Crippen LogP contribution in [0.25, 0.3) is 10.2 Å². The summed E-state index contributed by atoms with van der Waals surface area (Å²) in [6.45, 7) is 1.89. The average molecular weight is 237 g/mol. The number of hydrogen-bond acceptors (Lipinski definition) is 4. The van der Waals surface area contributed by atoms with Crippen LogP contribution in [0.15, 0.2) is 28.6 Å². The zero-order valence-corrected chi connectivity index (χ0v) is 10.0. The van der Waals surface area contributed by atoms with Crippen LogP contribution >= 0.6 is 23.1 Å². The molecule has 0 aliphatic heterocycles. The van der Waals surface area contributed by atoms with Crippen LogP contribution in [0.5, 0.6) is 0 Å². The largest absolute Gasteiger partial charge is 0.299 e. The molecule has 0 amide bonds. The van der Waals surface area contributed by atoms with Crippen molar-refractivity contribution in [1.82, 2.24) is 4.98 Å². The molecule has 15 heavy (non-hydrogen) atoms. The Balaban J connectivity index is 2.12. The Bertz CT molecular complexity index is 445. The van der Waals surface area contributed by atoms with Crippen LogP contribution in [0.1, 0.15) is 13.3 Å². The first-order valence-corrected chi connectivity index (χ1v) is 6.60. The van der Waals surface area contributed by atoms with Crippen LogP contribution in [-0.2, 0) is 4.79 Å². The van der Waals surface area contributed by atoms with Gasteiger partial charge in [0.05, 0.1) is 16.0 Å². The van der Waals surface area contributed by atoms with Gasteiger partial charge in [-0.15, -0.1) is 11.3 Å². The fourth-order valence-corrected chi connectivity index (χ4v) is 3.19. The third kappa shape index (κ3) is 2.58. The molecule has 0 atom stereocenters. The summed E-state index contributed by atoms with van der Waals surface area (Å²) in [5, 5.41) is 0. The third-order valence-electron chi connectivity index (χ3n) is 2.03. The van der Waals surface area contributed by atoms with E-state index in [9.17, 15) is 4.79 Å². The van der Waals surface area contributed by atoms with E-state index in [1.165, 1.54) is 16.5 Å². The summed E-state index contributed by atoms with van der Waals surface area (Å²) >= 11 is 3.19. The Morgan fingerprint density at radius 3 is 3.00 bits per heavy atom. The highest BCUT2D eigenvalue weighted by molar-refractivity contribution is 8.01. The fourth-order valence-electron chi connectivity index (χ4n) is 1.16. The normalized spacial score (nSPS) is 10.7. The van der Waals surface area contributed by atoms with Crippen LogP contribution < -0.4 is 0 Å². The van der Waals surface area contributed by atoms with E-state index in [0.717, 1.165) is 9.86 Å². The number of nitrogens with zero attached hydrogens (tertiary/aromatic N) is 1. The van der Waals surface area contributed by atoms with Crippen LogP contribution in [0.3, 0.4) is 0 Å². The van der Waals surface area contributed by atoms with E-state index in [1.54, 1.807) is 11.3 Å². The van der Waals surface area contributed by atoms with Gasteiger partial charge in [0.1, 0.15) is 5.78 Å². The van der Waals surface area contributed by atoms with E-state index in [1.807, 2.05) is 25.1 Å². The minimum atomic E-state index is 0.277. The predicted octanol–water partition coefficient (Wildman–Crippen LogP) is 3.37. The molecule has 2 rings (SSSR count). The van der Waals surface area contributed by atoms with Crippen LogP contribution in [0.2, 0.25) is 0 Å². The SMILES string of the molecule is CCC(=O)CSc1nc2ccccc2s1. The van der Waals surface area contributed by atoms with Crippen molar-refractivity contribution in [1.29, 1.82) is 0 Å². The number of Topliss-reactive ketones (excluding diaryl/α,β-unsaturated/α-hetero) is 1. The maximum atomic E-state index is 11.2. The lowest BCUT2D eigenvalue weighted by atomic mass is 10.3. The monoisotopic (exact) mass is 237 g/mol. The van der Waals surface area contributed by atoms with E-state index in [2.05, 4.69) is 11.1 Å². The molecule has 0 saturated heterocycles. The van der Waals surface area contributed by atoms with Crippen molar-refractivity contribution >= 4 is 39.1 Å². The number of thiazole rings is 1. The molecule has 0 bridgehead atoms. The summed E-state index contributed by atoms with van der Waals surface area (Å²) in [6, 6.07) is 8.04. The highest BCUT2D eigenvalue weighted by Gasteiger charge is 2.05. The zero-order chi connectivity index (χ0) is 10.7. The van der Waals surface area contributed by atoms with Crippen molar-refractivity contribution in [3.63, 3.8) is 0 Å². The first-order valence-electron chi connectivity index (χ1n) is 4.79. The highest BCUT2D eigenvalue weighted by Crippen LogP contribution is 2.29. The van der Waals surface area contributed by atoms with Gasteiger partial charge in [0.25, 0.3) is 0 Å². The quantitative estimate of drug-likeness (QED) is 0.764. The zero-order valence-electron chi connectivity index (χ0n) is 8.40. The van der Waals surface area contributed by atoms with Crippen molar-refractivity contribution in [3.8, 4) is 0 Å². The molecule has 4 heteroatoms. The molecular formula is C11H11NOS2. The molecule has 1 aromatic heterocycles. The molecule has 0 aliphatic rings. The van der Waals surface area contributed by atoms with Gasteiger partial charge in [-0.25, -0.2) is 4.98 Å². The number of hydrogen-bond donors (Lipinski definition) is 0. The van der Waals surface area contributed by atoms with Gasteiger partial charge in [0, 0.05) is 6.42 Å². The molecule has 0 saturated carbocycles. The Labute approximate surface area is 96.7 Å². The second-order valence-electron chi connectivity index (χ2n) is 3.13. The maximum absolute atomic E-state index is 11.2. The van der Waals surface area contributed by atoms with Crippen molar-refractivity contribution in [3.05, 3.63) is 24.3 Å². The number of benzene rings is 1. The second-order valence-corrected chi connectivity index (χ2v) is 5.38. The van der Waals surface area contributed by atoms with Gasteiger partial charge in [-0.2, -0.15) is 0 Å². The summed E-state index contributed by atoms with van der Waals surface area (Å²) in [5.41, 5.74) is 1.02. The molecule has 0 radical (unpaired) electrons. The summed E-state index contributed by atoms with van der Waals surface area (Å²) in [5.74, 6) is 0.815.